The van der Waals surface area contributed by atoms with E-state index in [0.717, 1.165) is 6.54 Å². The molecule has 1 aromatic heterocycles. The van der Waals surface area contributed by atoms with Gasteiger partial charge in [-0.05, 0) is 5.56 Å². The summed E-state index contributed by atoms with van der Waals surface area (Å²) in [5, 5.41) is 10.3. The number of aromatic amines is 1. The zero-order chi connectivity index (χ0) is 19.2. The van der Waals surface area contributed by atoms with E-state index in [-0.39, 0.29) is 25.4 Å². The minimum absolute atomic E-state index is 0.117. The number of benzene rings is 1. The molecule has 8 nitrogen and oxygen atoms in total. The summed E-state index contributed by atoms with van der Waals surface area (Å²) in [6, 6.07) is 11.3. The second kappa shape index (κ2) is 8.79. The minimum atomic E-state index is -0.615. The van der Waals surface area contributed by atoms with Crippen LogP contribution in [0.5, 0.6) is 0 Å². The Hall–Kier alpha value is -2.71. The van der Waals surface area contributed by atoms with Crippen LogP contribution in [0.15, 0.2) is 52.2 Å². The molecule has 0 unspecified atom stereocenters. The van der Waals surface area contributed by atoms with Crippen molar-refractivity contribution in [3.05, 3.63) is 69.0 Å². The molecular formula is C19H24N4O4. The van der Waals surface area contributed by atoms with Crippen LogP contribution in [0.3, 0.4) is 0 Å². The number of carbonyl (C=O) groups excluding carboxylic acids is 1. The van der Waals surface area contributed by atoms with Crippen LogP contribution in [0, 0.1) is 0 Å². The fourth-order valence-electron chi connectivity index (χ4n) is 3.26. The zero-order valence-electron chi connectivity index (χ0n) is 15.1. The second-order valence-electron chi connectivity index (χ2n) is 6.77. The molecule has 0 radical (unpaired) electrons. The first-order valence-electron chi connectivity index (χ1n) is 9.03. The van der Waals surface area contributed by atoms with Gasteiger partial charge in [0.15, 0.2) is 0 Å². The number of aromatic nitrogens is 2. The molecule has 1 saturated heterocycles. The maximum atomic E-state index is 12.5. The summed E-state index contributed by atoms with van der Waals surface area (Å²) in [5.74, 6) is -0.117. The van der Waals surface area contributed by atoms with Gasteiger partial charge in [-0.1, -0.05) is 30.3 Å². The molecule has 0 aliphatic carbocycles. The van der Waals surface area contributed by atoms with Crippen molar-refractivity contribution in [1.82, 2.24) is 19.4 Å². The molecule has 2 heterocycles. The molecule has 1 fully saturated rings. The van der Waals surface area contributed by atoms with Gasteiger partial charge in [-0.15, -0.1) is 0 Å². The Morgan fingerprint density at radius 1 is 1.11 bits per heavy atom. The van der Waals surface area contributed by atoms with Crippen molar-refractivity contribution >= 4 is 5.91 Å². The quantitative estimate of drug-likeness (QED) is 0.746. The van der Waals surface area contributed by atoms with Crippen molar-refractivity contribution in [3.63, 3.8) is 0 Å². The molecule has 0 spiro atoms. The van der Waals surface area contributed by atoms with E-state index >= 15 is 0 Å². The van der Waals surface area contributed by atoms with Gasteiger partial charge in [-0.25, -0.2) is 4.79 Å². The Labute approximate surface area is 156 Å². The molecule has 27 heavy (non-hydrogen) atoms. The highest BCUT2D eigenvalue weighted by Crippen LogP contribution is 2.10. The number of aliphatic hydroxyl groups excluding tert-OH is 1. The van der Waals surface area contributed by atoms with Gasteiger partial charge in [0.1, 0.15) is 0 Å². The van der Waals surface area contributed by atoms with Crippen LogP contribution in [0.2, 0.25) is 0 Å². The summed E-state index contributed by atoms with van der Waals surface area (Å²) in [6.07, 6.45) is 0.904. The van der Waals surface area contributed by atoms with E-state index in [4.69, 9.17) is 0 Å². The van der Waals surface area contributed by atoms with Gasteiger partial charge >= 0.3 is 5.69 Å². The summed E-state index contributed by atoms with van der Waals surface area (Å²) >= 11 is 0. The average Bonchev–Trinajstić information content (AvgIpc) is 2.83. The molecule has 144 valence electrons. The van der Waals surface area contributed by atoms with Gasteiger partial charge < -0.3 is 14.6 Å². The molecule has 1 aliphatic heterocycles. The first kappa shape index (κ1) is 19.1. The van der Waals surface area contributed by atoms with E-state index in [2.05, 4.69) is 9.88 Å². The SMILES string of the molecule is O=C(CCn1ccc(=O)[nH]c1=O)N1CCN(Cc2ccccc2)C[C@@H](O)C1. The van der Waals surface area contributed by atoms with Crippen LogP contribution < -0.4 is 11.2 Å². The Kier molecular flexibility index (Phi) is 6.20. The number of nitrogens with one attached hydrogen (secondary N) is 1. The summed E-state index contributed by atoms with van der Waals surface area (Å²) in [5.41, 5.74) is 0.180. The molecule has 8 heteroatoms. The zero-order valence-corrected chi connectivity index (χ0v) is 15.1. The van der Waals surface area contributed by atoms with Crippen molar-refractivity contribution in [2.24, 2.45) is 0 Å². The molecule has 3 rings (SSSR count). The topological polar surface area (TPSA) is 98.6 Å². The highest BCUT2D eigenvalue weighted by atomic mass is 16.3. The molecule has 2 aromatic rings. The molecule has 1 atom stereocenters. The number of carbonyl (C=O) groups is 1. The summed E-state index contributed by atoms with van der Waals surface area (Å²) in [7, 11) is 0. The molecule has 1 aliphatic rings. The van der Waals surface area contributed by atoms with Crippen LogP contribution in [0.1, 0.15) is 12.0 Å². The maximum absolute atomic E-state index is 12.5. The van der Waals surface area contributed by atoms with Gasteiger partial charge in [-0.2, -0.15) is 0 Å². The summed E-state index contributed by atoms with van der Waals surface area (Å²) in [4.78, 5) is 41.2. The van der Waals surface area contributed by atoms with Crippen LogP contribution in [0.4, 0.5) is 0 Å². The smallest absolute Gasteiger partial charge is 0.328 e. The lowest BCUT2D eigenvalue weighted by Crippen LogP contribution is -2.38. The van der Waals surface area contributed by atoms with Crippen LogP contribution in [-0.4, -0.2) is 62.6 Å². The van der Waals surface area contributed by atoms with Gasteiger partial charge in [-0.3, -0.25) is 19.5 Å². The first-order chi connectivity index (χ1) is 13.0. The van der Waals surface area contributed by atoms with E-state index in [9.17, 15) is 19.5 Å². The van der Waals surface area contributed by atoms with E-state index in [1.807, 2.05) is 30.3 Å². The lowest BCUT2D eigenvalue weighted by Gasteiger charge is -2.22. The third-order valence-corrected chi connectivity index (χ3v) is 4.65. The predicted octanol–water partition coefficient (Wildman–Crippen LogP) is -0.368. The van der Waals surface area contributed by atoms with Crippen molar-refractivity contribution < 1.29 is 9.90 Å². The van der Waals surface area contributed by atoms with Crippen molar-refractivity contribution in [3.8, 4) is 0 Å². The Morgan fingerprint density at radius 2 is 1.89 bits per heavy atom. The van der Waals surface area contributed by atoms with Crippen LogP contribution >= 0.6 is 0 Å². The number of hydrogen-bond donors (Lipinski definition) is 2. The number of nitrogens with zero attached hydrogens (tertiary/aromatic N) is 3. The van der Waals surface area contributed by atoms with E-state index < -0.39 is 17.4 Å². The van der Waals surface area contributed by atoms with Crippen LogP contribution in [-0.2, 0) is 17.9 Å². The van der Waals surface area contributed by atoms with Crippen molar-refractivity contribution in [2.45, 2.75) is 25.6 Å². The lowest BCUT2D eigenvalue weighted by atomic mass is 10.2. The number of H-pyrrole nitrogens is 1. The number of rotatable bonds is 5. The minimum Gasteiger partial charge on any atom is -0.390 e. The van der Waals surface area contributed by atoms with Crippen LogP contribution in [0.25, 0.3) is 0 Å². The third-order valence-electron chi connectivity index (χ3n) is 4.65. The van der Waals surface area contributed by atoms with E-state index in [0.29, 0.717) is 19.6 Å². The Morgan fingerprint density at radius 3 is 2.63 bits per heavy atom. The molecule has 0 saturated carbocycles. The molecule has 1 aromatic carbocycles. The monoisotopic (exact) mass is 372 g/mol. The first-order valence-corrected chi connectivity index (χ1v) is 9.03. The molecule has 1 amide bonds. The largest absolute Gasteiger partial charge is 0.390 e. The fourth-order valence-corrected chi connectivity index (χ4v) is 3.26. The highest BCUT2D eigenvalue weighted by molar-refractivity contribution is 5.76. The number of aryl methyl sites for hydroxylation is 1. The predicted molar refractivity (Wildman–Crippen MR) is 100 cm³/mol. The molecule has 2 N–H and O–H groups in total. The standard InChI is InChI=1S/C19H24N4O4/c24-16-13-21(12-15-4-2-1-3-5-15)10-11-23(14-16)18(26)7-9-22-8-6-17(25)20-19(22)27/h1-6,8,16,24H,7,9-14H2,(H,20,25,27)/t16-/m1/s1. The summed E-state index contributed by atoms with van der Waals surface area (Å²) in [6.45, 7) is 2.92. The Balaban J connectivity index is 1.56. The second-order valence-corrected chi connectivity index (χ2v) is 6.77. The van der Waals surface area contributed by atoms with Gasteiger partial charge in [0.2, 0.25) is 5.91 Å². The fraction of sp³-hybridized carbons (Fsp3) is 0.421. The van der Waals surface area contributed by atoms with Crippen molar-refractivity contribution in [2.75, 3.05) is 26.2 Å². The number of amides is 1. The lowest BCUT2D eigenvalue weighted by molar-refractivity contribution is -0.132. The normalized spacial score (nSPS) is 18.3. The number of aliphatic hydroxyl groups is 1. The molecule has 0 bridgehead atoms. The highest BCUT2D eigenvalue weighted by Gasteiger charge is 2.24. The Bertz CT molecular complexity index is 877. The summed E-state index contributed by atoms with van der Waals surface area (Å²) < 4.78 is 1.30. The van der Waals surface area contributed by atoms with E-state index in [1.165, 1.54) is 22.4 Å². The van der Waals surface area contributed by atoms with E-state index in [1.54, 1.807) is 4.90 Å². The average molecular weight is 372 g/mol. The van der Waals surface area contributed by atoms with Gasteiger partial charge in [0, 0.05) is 58.0 Å². The maximum Gasteiger partial charge on any atom is 0.328 e. The number of β-amino-alcohol motifs (C(OH)–C–C–N with tert-alkyl or cyclic N) is 1. The number of hydrogen-bond acceptors (Lipinski definition) is 5. The van der Waals surface area contributed by atoms with Gasteiger partial charge in [0.05, 0.1) is 6.10 Å². The third kappa shape index (κ3) is 5.38. The van der Waals surface area contributed by atoms with Gasteiger partial charge in [0.25, 0.3) is 5.56 Å². The van der Waals surface area contributed by atoms with Crippen molar-refractivity contribution in [1.29, 1.82) is 0 Å². The molecular weight excluding hydrogens is 348 g/mol.